The summed E-state index contributed by atoms with van der Waals surface area (Å²) in [4.78, 5) is 0. The van der Waals surface area contributed by atoms with Gasteiger partial charge in [-0.1, -0.05) is 0 Å². The van der Waals surface area contributed by atoms with Crippen LogP contribution in [-0.2, 0) is 9.47 Å². The average molecular weight is 173 g/mol. The van der Waals surface area contributed by atoms with Gasteiger partial charge < -0.3 is 15.2 Å². The minimum Gasteiger partial charge on any atom is -0.378 e. The Labute approximate surface area is 74.2 Å². The van der Waals surface area contributed by atoms with E-state index in [4.69, 9.17) is 15.2 Å². The molecule has 0 aromatic heterocycles. The monoisotopic (exact) mass is 173 g/mol. The molecule has 3 heteroatoms. The molecular weight excluding hydrogens is 154 g/mol. The third-order valence-corrected chi connectivity index (χ3v) is 2.52. The first-order chi connectivity index (χ1) is 5.64. The second-order valence-electron chi connectivity index (χ2n) is 3.70. The second-order valence-corrected chi connectivity index (χ2v) is 3.70. The van der Waals surface area contributed by atoms with E-state index in [1.165, 1.54) is 0 Å². The van der Waals surface area contributed by atoms with Crippen LogP contribution in [0, 0.1) is 0 Å². The van der Waals surface area contributed by atoms with Crippen molar-refractivity contribution in [2.45, 2.75) is 44.5 Å². The van der Waals surface area contributed by atoms with Gasteiger partial charge in [0.05, 0.1) is 12.2 Å². The van der Waals surface area contributed by atoms with Crippen molar-refractivity contribution in [1.29, 1.82) is 0 Å². The molecule has 2 atom stereocenters. The highest BCUT2D eigenvalue weighted by Crippen LogP contribution is 2.38. The lowest BCUT2D eigenvalue weighted by molar-refractivity contribution is -0.204. The number of rotatable bonds is 4. The van der Waals surface area contributed by atoms with Crippen molar-refractivity contribution in [3.63, 3.8) is 0 Å². The van der Waals surface area contributed by atoms with E-state index in [1.807, 2.05) is 13.8 Å². The van der Waals surface area contributed by atoms with E-state index in [0.717, 1.165) is 12.8 Å². The molecule has 0 aliphatic heterocycles. The van der Waals surface area contributed by atoms with Gasteiger partial charge in [0, 0.05) is 13.7 Å². The molecule has 0 radical (unpaired) electrons. The molecule has 1 aliphatic carbocycles. The van der Waals surface area contributed by atoms with Crippen LogP contribution in [0.3, 0.4) is 0 Å². The molecule has 0 bridgehead atoms. The normalized spacial score (nSPS) is 35.2. The molecule has 3 nitrogen and oxygen atoms in total. The summed E-state index contributed by atoms with van der Waals surface area (Å²) in [5, 5.41) is 0. The summed E-state index contributed by atoms with van der Waals surface area (Å²) in [5.74, 6) is 0. The van der Waals surface area contributed by atoms with Crippen LogP contribution in [0.1, 0.15) is 26.7 Å². The van der Waals surface area contributed by atoms with E-state index < -0.39 is 0 Å². The van der Waals surface area contributed by atoms with E-state index >= 15 is 0 Å². The van der Waals surface area contributed by atoms with Crippen LogP contribution in [0.25, 0.3) is 0 Å². The molecule has 0 heterocycles. The summed E-state index contributed by atoms with van der Waals surface area (Å²) in [6, 6.07) is 0. The van der Waals surface area contributed by atoms with E-state index in [9.17, 15) is 0 Å². The zero-order valence-corrected chi connectivity index (χ0v) is 8.17. The minimum atomic E-state index is -0.192. The van der Waals surface area contributed by atoms with Crippen LogP contribution in [0.15, 0.2) is 0 Å². The number of nitrogens with two attached hydrogens (primary N) is 1. The highest BCUT2D eigenvalue weighted by molar-refractivity contribution is 5.00. The largest absolute Gasteiger partial charge is 0.378 e. The smallest absolute Gasteiger partial charge is 0.107 e. The Kier molecular flexibility index (Phi) is 3.09. The van der Waals surface area contributed by atoms with Gasteiger partial charge in [0.1, 0.15) is 5.60 Å². The number of ether oxygens (including phenoxy) is 2. The summed E-state index contributed by atoms with van der Waals surface area (Å²) >= 11 is 0. The Hall–Kier alpha value is -0.120. The minimum absolute atomic E-state index is 0.192. The predicted octanol–water partition coefficient (Wildman–Crippen LogP) is 0.918. The molecule has 0 amide bonds. The Balaban J connectivity index is 2.51. The van der Waals surface area contributed by atoms with Crippen LogP contribution < -0.4 is 5.73 Å². The van der Waals surface area contributed by atoms with Crippen molar-refractivity contribution in [3.05, 3.63) is 0 Å². The predicted molar refractivity (Wildman–Crippen MR) is 48.0 cm³/mol. The molecule has 2 N–H and O–H groups in total. The van der Waals surface area contributed by atoms with Crippen LogP contribution in [0.5, 0.6) is 0 Å². The highest BCUT2D eigenvalue weighted by atomic mass is 16.6. The third kappa shape index (κ3) is 1.63. The fourth-order valence-electron chi connectivity index (χ4n) is 1.80. The Bertz CT molecular complexity index is 143. The lowest BCUT2D eigenvalue weighted by atomic mass is 9.76. The molecule has 12 heavy (non-hydrogen) atoms. The summed E-state index contributed by atoms with van der Waals surface area (Å²) in [7, 11) is 1.72. The number of methoxy groups -OCH3 is 1. The number of hydrogen-bond acceptors (Lipinski definition) is 3. The first-order valence-corrected chi connectivity index (χ1v) is 4.55. The standard InChI is InChI=1S/C9H19NO2/c1-7(2)12-9(6-10)5-4-8(9)11-3/h7-8H,4-6,10H2,1-3H3. The Morgan fingerprint density at radius 2 is 2.25 bits per heavy atom. The molecule has 1 fully saturated rings. The summed E-state index contributed by atoms with van der Waals surface area (Å²) < 4.78 is 11.1. The lowest BCUT2D eigenvalue weighted by Crippen LogP contribution is -2.60. The second kappa shape index (κ2) is 3.73. The van der Waals surface area contributed by atoms with Gasteiger partial charge in [0.2, 0.25) is 0 Å². The van der Waals surface area contributed by atoms with Crippen molar-refractivity contribution in [2.75, 3.05) is 13.7 Å². The van der Waals surface area contributed by atoms with Crippen LogP contribution >= 0.6 is 0 Å². The van der Waals surface area contributed by atoms with Crippen molar-refractivity contribution < 1.29 is 9.47 Å². The van der Waals surface area contributed by atoms with Gasteiger partial charge >= 0.3 is 0 Å². The molecule has 1 aliphatic rings. The maximum absolute atomic E-state index is 5.78. The first kappa shape index (κ1) is 9.96. The Morgan fingerprint density at radius 1 is 1.58 bits per heavy atom. The topological polar surface area (TPSA) is 44.5 Å². The van der Waals surface area contributed by atoms with Crippen LogP contribution in [0.4, 0.5) is 0 Å². The fourth-order valence-corrected chi connectivity index (χ4v) is 1.80. The Morgan fingerprint density at radius 3 is 2.50 bits per heavy atom. The SMILES string of the molecule is COC1CCC1(CN)OC(C)C. The average Bonchev–Trinajstić information content (AvgIpc) is 1.98. The zero-order valence-electron chi connectivity index (χ0n) is 8.17. The number of hydrogen-bond donors (Lipinski definition) is 1. The maximum atomic E-state index is 5.78. The van der Waals surface area contributed by atoms with Gasteiger partial charge in [-0.2, -0.15) is 0 Å². The fraction of sp³-hybridized carbons (Fsp3) is 1.00. The van der Waals surface area contributed by atoms with E-state index in [1.54, 1.807) is 7.11 Å². The zero-order chi connectivity index (χ0) is 9.19. The third-order valence-electron chi connectivity index (χ3n) is 2.52. The first-order valence-electron chi connectivity index (χ1n) is 4.55. The molecule has 0 aromatic rings. The van der Waals surface area contributed by atoms with Crippen molar-refractivity contribution in [2.24, 2.45) is 5.73 Å². The van der Waals surface area contributed by atoms with E-state index in [-0.39, 0.29) is 17.8 Å². The maximum Gasteiger partial charge on any atom is 0.107 e. The van der Waals surface area contributed by atoms with Gasteiger partial charge in [0.15, 0.2) is 0 Å². The molecular formula is C9H19NO2. The highest BCUT2D eigenvalue weighted by Gasteiger charge is 2.47. The quantitative estimate of drug-likeness (QED) is 0.687. The van der Waals surface area contributed by atoms with E-state index in [2.05, 4.69) is 0 Å². The molecule has 0 spiro atoms. The van der Waals surface area contributed by atoms with Crippen LogP contribution in [-0.4, -0.2) is 31.5 Å². The van der Waals surface area contributed by atoms with Crippen molar-refractivity contribution in [3.8, 4) is 0 Å². The molecule has 0 aromatic carbocycles. The summed E-state index contributed by atoms with van der Waals surface area (Å²) in [5.41, 5.74) is 5.49. The molecule has 2 unspecified atom stereocenters. The van der Waals surface area contributed by atoms with Gasteiger partial charge in [-0.25, -0.2) is 0 Å². The molecule has 1 saturated carbocycles. The molecule has 0 saturated heterocycles. The van der Waals surface area contributed by atoms with Gasteiger partial charge in [-0.05, 0) is 26.7 Å². The lowest BCUT2D eigenvalue weighted by Gasteiger charge is -2.48. The van der Waals surface area contributed by atoms with Crippen LogP contribution in [0.2, 0.25) is 0 Å². The van der Waals surface area contributed by atoms with E-state index in [0.29, 0.717) is 6.54 Å². The summed E-state index contributed by atoms with van der Waals surface area (Å²) in [6.07, 6.45) is 2.53. The van der Waals surface area contributed by atoms with Crippen molar-refractivity contribution in [1.82, 2.24) is 0 Å². The molecule has 72 valence electrons. The van der Waals surface area contributed by atoms with Crippen molar-refractivity contribution >= 4 is 0 Å². The van der Waals surface area contributed by atoms with Gasteiger partial charge in [0.25, 0.3) is 0 Å². The van der Waals surface area contributed by atoms with Gasteiger partial charge in [-0.15, -0.1) is 0 Å². The molecule has 1 rings (SSSR count). The summed E-state index contributed by atoms with van der Waals surface area (Å²) in [6.45, 7) is 4.62. The van der Waals surface area contributed by atoms with Gasteiger partial charge in [-0.3, -0.25) is 0 Å².